The highest BCUT2D eigenvalue weighted by atomic mass is 79.9. The summed E-state index contributed by atoms with van der Waals surface area (Å²) in [5.74, 6) is 0.276. The molecule has 92 valence electrons. The fourth-order valence-corrected chi connectivity index (χ4v) is 2.74. The van der Waals surface area contributed by atoms with Crippen LogP contribution in [0, 0.1) is 5.92 Å². The number of hydrogen-bond donors (Lipinski definition) is 2. The Balaban J connectivity index is 1.99. The molecule has 1 unspecified atom stereocenters. The molecule has 3 nitrogen and oxygen atoms in total. The Morgan fingerprint density at radius 1 is 1.53 bits per heavy atom. The summed E-state index contributed by atoms with van der Waals surface area (Å²) in [5, 5.41) is 6.28. The van der Waals surface area contributed by atoms with Crippen LogP contribution in [-0.2, 0) is 4.79 Å². The molecule has 1 saturated heterocycles. The van der Waals surface area contributed by atoms with Gasteiger partial charge >= 0.3 is 0 Å². The van der Waals surface area contributed by atoms with E-state index in [1.165, 1.54) is 0 Å². The van der Waals surface area contributed by atoms with Gasteiger partial charge in [0.25, 0.3) is 0 Å². The van der Waals surface area contributed by atoms with Crippen LogP contribution in [0.2, 0.25) is 0 Å². The minimum Gasteiger partial charge on any atom is -0.349 e. The molecule has 0 bridgehead atoms. The summed E-state index contributed by atoms with van der Waals surface area (Å²) in [6, 6.07) is 8.03. The van der Waals surface area contributed by atoms with E-state index in [4.69, 9.17) is 0 Å². The van der Waals surface area contributed by atoms with Gasteiger partial charge in [0.2, 0.25) is 5.91 Å². The lowest BCUT2D eigenvalue weighted by Gasteiger charge is -2.18. The van der Waals surface area contributed by atoms with Crippen molar-refractivity contribution >= 4 is 21.8 Å². The Bertz CT molecular complexity index is 402. The molecular formula is C13H17BrN2O. The molecule has 0 spiro atoms. The first-order chi connectivity index (χ1) is 8.18. The molecule has 2 rings (SSSR count). The Hall–Kier alpha value is -0.870. The molecule has 2 atom stereocenters. The molecule has 4 heteroatoms. The number of carbonyl (C=O) groups excluding carboxylic acids is 1. The third-order valence-corrected chi connectivity index (χ3v) is 3.88. The van der Waals surface area contributed by atoms with E-state index in [1.807, 2.05) is 31.2 Å². The number of rotatable bonds is 3. The van der Waals surface area contributed by atoms with E-state index in [-0.39, 0.29) is 17.9 Å². The van der Waals surface area contributed by atoms with Crippen LogP contribution in [-0.4, -0.2) is 19.0 Å². The van der Waals surface area contributed by atoms with E-state index in [9.17, 15) is 4.79 Å². The number of carbonyl (C=O) groups is 1. The average Bonchev–Trinajstić information content (AvgIpc) is 2.82. The van der Waals surface area contributed by atoms with Gasteiger partial charge in [-0.15, -0.1) is 0 Å². The SMILES string of the molecule is C[C@H](NC(=O)C1CCNC1)c1ccccc1Br. The molecule has 1 fully saturated rings. The van der Waals surface area contributed by atoms with Crippen LogP contribution < -0.4 is 10.6 Å². The van der Waals surface area contributed by atoms with Crippen LogP contribution in [0.3, 0.4) is 0 Å². The van der Waals surface area contributed by atoms with Gasteiger partial charge in [-0.3, -0.25) is 4.79 Å². The summed E-state index contributed by atoms with van der Waals surface area (Å²) in [6.45, 7) is 3.76. The first-order valence-electron chi connectivity index (χ1n) is 5.94. The Labute approximate surface area is 110 Å². The van der Waals surface area contributed by atoms with Crippen molar-refractivity contribution in [3.05, 3.63) is 34.3 Å². The second-order valence-electron chi connectivity index (χ2n) is 4.44. The van der Waals surface area contributed by atoms with Crippen LogP contribution in [0.5, 0.6) is 0 Å². The second-order valence-corrected chi connectivity index (χ2v) is 5.30. The van der Waals surface area contributed by atoms with E-state index in [0.29, 0.717) is 0 Å². The molecule has 0 aliphatic carbocycles. The molecule has 1 aliphatic heterocycles. The minimum absolute atomic E-state index is 0.0404. The minimum atomic E-state index is 0.0404. The van der Waals surface area contributed by atoms with Gasteiger partial charge in [-0.25, -0.2) is 0 Å². The zero-order valence-corrected chi connectivity index (χ0v) is 11.5. The molecule has 0 radical (unpaired) electrons. The molecule has 2 N–H and O–H groups in total. The highest BCUT2D eigenvalue weighted by Crippen LogP contribution is 2.23. The third kappa shape index (κ3) is 3.07. The molecule has 0 aromatic heterocycles. The Kier molecular flexibility index (Phi) is 4.18. The number of nitrogens with one attached hydrogen (secondary N) is 2. The predicted molar refractivity (Wildman–Crippen MR) is 71.7 cm³/mol. The summed E-state index contributed by atoms with van der Waals surface area (Å²) < 4.78 is 1.04. The zero-order chi connectivity index (χ0) is 12.3. The van der Waals surface area contributed by atoms with Crippen molar-refractivity contribution in [2.75, 3.05) is 13.1 Å². The fraction of sp³-hybridized carbons (Fsp3) is 0.462. The first-order valence-corrected chi connectivity index (χ1v) is 6.73. The lowest BCUT2D eigenvalue weighted by molar-refractivity contribution is -0.125. The number of benzene rings is 1. The van der Waals surface area contributed by atoms with Gasteiger partial charge in [-0.05, 0) is 31.5 Å². The smallest absolute Gasteiger partial charge is 0.224 e. The van der Waals surface area contributed by atoms with Crippen LogP contribution in [0.1, 0.15) is 24.9 Å². The first kappa shape index (κ1) is 12.6. The Morgan fingerprint density at radius 3 is 2.94 bits per heavy atom. The zero-order valence-electron chi connectivity index (χ0n) is 9.87. The maximum atomic E-state index is 12.0. The maximum Gasteiger partial charge on any atom is 0.224 e. The van der Waals surface area contributed by atoms with Crippen molar-refractivity contribution < 1.29 is 4.79 Å². The van der Waals surface area contributed by atoms with Crippen LogP contribution in [0.25, 0.3) is 0 Å². The monoisotopic (exact) mass is 296 g/mol. The van der Waals surface area contributed by atoms with E-state index in [0.717, 1.165) is 29.5 Å². The summed E-state index contributed by atoms with van der Waals surface area (Å²) in [4.78, 5) is 12.0. The average molecular weight is 297 g/mol. The summed E-state index contributed by atoms with van der Waals surface area (Å²) in [5.41, 5.74) is 1.12. The summed E-state index contributed by atoms with van der Waals surface area (Å²) >= 11 is 3.51. The van der Waals surface area contributed by atoms with E-state index < -0.39 is 0 Å². The molecule has 1 aliphatic rings. The van der Waals surface area contributed by atoms with E-state index in [2.05, 4.69) is 26.6 Å². The topological polar surface area (TPSA) is 41.1 Å². The molecule has 1 aromatic rings. The van der Waals surface area contributed by atoms with Crippen molar-refractivity contribution in [3.63, 3.8) is 0 Å². The molecule has 1 amide bonds. The van der Waals surface area contributed by atoms with Crippen molar-refractivity contribution in [3.8, 4) is 0 Å². The van der Waals surface area contributed by atoms with Crippen molar-refractivity contribution in [2.24, 2.45) is 5.92 Å². The largest absolute Gasteiger partial charge is 0.349 e. The fourth-order valence-electron chi connectivity index (χ4n) is 2.11. The quantitative estimate of drug-likeness (QED) is 0.898. The molecule has 0 saturated carbocycles. The van der Waals surface area contributed by atoms with Crippen LogP contribution in [0.15, 0.2) is 28.7 Å². The van der Waals surface area contributed by atoms with Gasteiger partial charge in [-0.2, -0.15) is 0 Å². The highest BCUT2D eigenvalue weighted by molar-refractivity contribution is 9.10. The van der Waals surface area contributed by atoms with Gasteiger partial charge in [0.05, 0.1) is 12.0 Å². The molecule has 17 heavy (non-hydrogen) atoms. The predicted octanol–water partition coefficient (Wildman–Crippen LogP) is 2.24. The number of amides is 1. The van der Waals surface area contributed by atoms with Gasteiger partial charge in [0.1, 0.15) is 0 Å². The van der Waals surface area contributed by atoms with Crippen LogP contribution in [0.4, 0.5) is 0 Å². The van der Waals surface area contributed by atoms with Crippen molar-refractivity contribution in [1.29, 1.82) is 0 Å². The van der Waals surface area contributed by atoms with Gasteiger partial charge in [-0.1, -0.05) is 34.1 Å². The van der Waals surface area contributed by atoms with Crippen molar-refractivity contribution in [1.82, 2.24) is 10.6 Å². The van der Waals surface area contributed by atoms with Crippen molar-refractivity contribution in [2.45, 2.75) is 19.4 Å². The number of halogens is 1. The van der Waals surface area contributed by atoms with Gasteiger partial charge < -0.3 is 10.6 Å². The second kappa shape index (κ2) is 5.65. The third-order valence-electron chi connectivity index (χ3n) is 3.16. The highest BCUT2D eigenvalue weighted by Gasteiger charge is 2.23. The van der Waals surface area contributed by atoms with E-state index in [1.54, 1.807) is 0 Å². The normalized spacial score (nSPS) is 21.2. The Morgan fingerprint density at radius 2 is 2.29 bits per heavy atom. The molecule has 1 aromatic carbocycles. The maximum absolute atomic E-state index is 12.0. The standard InChI is InChI=1S/C13H17BrN2O/c1-9(11-4-2-3-5-12(11)14)16-13(17)10-6-7-15-8-10/h2-5,9-10,15H,6-8H2,1H3,(H,16,17)/t9-,10?/m0/s1. The van der Waals surface area contributed by atoms with E-state index >= 15 is 0 Å². The van der Waals surface area contributed by atoms with Crippen LogP contribution >= 0.6 is 15.9 Å². The lowest BCUT2D eigenvalue weighted by atomic mass is 10.1. The number of hydrogen-bond acceptors (Lipinski definition) is 2. The summed E-state index contributed by atoms with van der Waals surface area (Å²) in [6.07, 6.45) is 0.939. The molecular weight excluding hydrogens is 280 g/mol. The molecule has 1 heterocycles. The van der Waals surface area contributed by atoms with Gasteiger partial charge in [0, 0.05) is 11.0 Å². The van der Waals surface area contributed by atoms with Gasteiger partial charge in [0.15, 0.2) is 0 Å². The lowest BCUT2D eigenvalue weighted by Crippen LogP contribution is -2.33. The summed E-state index contributed by atoms with van der Waals surface area (Å²) in [7, 11) is 0.